The van der Waals surface area contributed by atoms with Gasteiger partial charge in [0.15, 0.2) is 5.54 Å². The van der Waals surface area contributed by atoms with Crippen LogP contribution in [0.25, 0.3) is 0 Å². The Morgan fingerprint density at radius 1 is 1.52 bits per heavy atom. The molecule has 2 rings (SSSR count). The Bertz CT molecular complexity index is 604. The molecule has 2 heterocycles. The summed E-state index contributed by atoms with van der Waals surface area (Å²) in [6.07, 6.45) is 0.896. The van der Waals surface area contributed by atoms with Gasteiger partial charge >= 0.3 is 5.97 Å². The van der Waals surface area contributed by atoms with Gasteiger partial charge in [0.25, 0.3) is 11.5 Å². The van der Waals surface area contributed by atoms with E-state index in [1.807, 2.05) is 6.92 Å². The highest BCUT2D eigenvalue weighted by Crippen LogP contribution is 2.19. The van der Waals surface area contributed by atoms with Crippen LogP contribution in [0.15, 0.2) is 16.9 Å². The van der Waals surface area contributed by atoms with E-state index < -0.39 is 17.4 Å². The number of amides is 1. The summed E-state index contributed by atoms with van der Waals surface area (Å²) >= 11 is 0. The van der Waals surface area contributed by atoms with Crippen LogP contribution in [0.1, 0.15) is 30.3 Å². The van der Waals surface area contributed by atoms with Gasteiger partial charge in [0, 0.05) is 25.6 Å². The van der Waals surface area contributed by atoms with Gasteiger partial charge in [0.1, 0.15) is 5.69 Å². The predicted octanol–water partition coefficient (Wildman–Crippen LogP) is -0.373. The molecule has 1 aromatic heterocycles. The average Bonchev–Trinajstić information content (AvgIpc) is 2.91. The molecule has 8 heteroatoms. The van der Waals surface area contributed by atoms with E-state index in [4.69, 9.17) is 4.74 Å². The number of aliphatic carboxylic acids is 1. The third-order valence-corrected chi connectivity index (χ3v) is 3.32. The Hall–Kier alpha value is -2.22. The largest absolute Gasteiger partial charge is 0.479 e. The smallest absolute Gasteiger partial charge is 0.331 e. The third kappa shape index (κ3) is 3.10. The Morgan fingerprint density at radius 3 is 2.86 bits per heavy atom. The summed E-state index contributed by atoms with van der Waals surface area (Å²) in [5.74, 6) is -1.78. The number of rotatable bonds is 5. The number of carboxylic acid groups (broad SMARTS) is 1. The van der Waals surface area contributed by atoms with Crippen LogP contribution in [0.2, 0.25) is 0 Å². The highest BCUT2D eigenvalue weighted by molar-refractivity contribution is 5.96. The maximum Gasteiger partial charge on any atom is 0.331 e. The summed E-state index contributed by atoms with van der Waals surface area (Å²) in [4.78, 5) is 35.1. The van der Waals surface area contributed by atoms with Crippen LogP contribution in [0, 0.1) is 0 Å². The molecule has 8 nitrogen and oxygen atoms in total. The highest BCUT2D eigenvalue weighted by Gasteiger charge is 2.44. The molecular weight excluding hydrogens is 278 g/mol. The number of aromatic nitrogens is 2. The van der Waals surface area contributed by atoms with Crippen LogP contribution in [0.5, 0.6) is 0 Å². The lowest BCUT2D eigenvalue weighted by molar-refractivity contribution is -0.144. The number of carboxylic acids is 1. The summed E-state index contributed by atoms with van der Waals surface area (Å²) in [6, 6.07) is 2.53. The van der Waals surface area contributed by atoms with Crippen molar-refractivity contribution in [3.8, 4) is 0 Å². The molecule has 1 unspecified atom stereocenters. The maximum absolute atomic E-state index is 12.2. The van der Waals surface area contributed by atoms with E-state index in [9.17, 15) is 19.5 Å². The zero-order valence-corrected chi connectivity index (χ0v) is 11.7. The standard InChI is InChI=1S/C13H17N3O5/c1-2-6-16-10(17)4-3-9(15-16)11(18)14-13(12(19)20)5-7-21-8-13/h3-4H,2,5-8H2,1H3,(H,14,18)(H,19,20). The Labute approximate surface area is 120 Å². The van der Waals surface area contributed by atoms with Gasteiger partial charge < -0.3 is 15.2 Å². The number of hydrogen-bond acceptors (Lipinski definition) is 5. The summed E-state index contributed by atoms with van der Waals surface area (Å²) in [6.45, 7) is 2.47. The molecule has 0 aromatic carbocycles. The zero-order chi connectivity index (χ0) is 15.5. The lowest BCUT2D eigenvalue weighted by Gasteiger charge is -2.23. The van der Waals surface area contributed by atoms with Crippen molar-refractivity contribution in [2.24, 2.45) is 0 Å². The van der Waals surface area contributed by atoms with Crippen molar-refractivity contribution < 1.29 is 19.4 Å². The Balaban J connectivity index is 2.22. The van der Waals surface area contributed by atoms with E-state index in [1.54, 1.807) is 0 Å². The van der Waals surface area contributed by atoms with Gasteiger partial charge in [-0.1, -0.05) is 6.92 Å². The van der Waals surface area contributed by atoms with Crippen molar-refractivity contribution in [3.63, 3.8) is 0 Å². The molecule has 1 aliphatic heterocycles. The number of carbonyl (C=O) groups excluding carboxylic acids is 1. The van der Waals surface area contributed by atoms with Crippen molar-refractivity contribution in [1.29, 1.82) is 0 Å². The molecule has 1 aromatic rings. The molecule has 0 bridgehead atoms. The minimum Gasteiger partial charge on any atom is -0.479 e. The fraction of sp³-hybridized carbons (Fsp3) is 0.538. The molecule has 1 amide bonds. The number of hydrogen-bond donors (Lipinski definition) is 2. The molecular formula is C13H17N3O5. The maximum atomic E-state index is 12.2. The summed E-state index contributed by atoms with van der Waals surface area (Å²) in [5.41, 5.74) is -1.72. The van der Waals surface area contributed by atoms with E-state index in [-0.39, 0.29) is 30.9 Å². The van der Waals surface area contributed by atoms with Gasteiger partial charge in [0.05, 0.1) is 6.61 Å². The SMILES string of the molecule is CCCn1nc(C(=O)NC2(C(=O)O)CCOC2)ccc1=O. The first kappa shape index (κ1) is 15.2. The predicted molar refractivity (Wildman–Crippen MR) is 72.1 cm³/mol. The molecule has 0 spiro atoms. The second kappa shape index (κ2) is 6.04. The van der Waals surface area contributed by atoms with Crippen LogP contribution in [0.4, 0.5) is 0 Å². The van der Waals surface area contributed by atoms with E-state index in [2.05, 4.69) is 10.4 Å². The molecule has 2 N–H and O–H groups in total. The minimum atomic E-state index is -1.43. The van der Waals surface area contributed by atoms with E-state index in [1.165, 1.54) is 16.8 Å². The van der Waals surface area contributed by atoms with Crippen molar-refractivity contribution in [2.45, 2.75) is 31.8 Å². The molecule has 0 saturated carbocycles. The number of ether oxygens (including phenoxy) is 1. The van der Waals surface area contributed by atoms with E-state index in [0.29, 0.717) is 13.0 Å². The lowest BCUT2D eigenvalue weighted by Crippen LogP contribution is -2.55. The monoisotopic (exact) mass is 295 g/mol. The first-order valence-corrected chi connectivity index (χ1v) is 6.70. The Kier molecular flexibility index (Phi) is 4.37. The lowest BCUT2D eigenvalue weighted by atomic mass is 9.99. The molecule has 1 atom stereocenters. The molecule has 21 heavy (non-hydrogen) atoms. The molecule has 1 saturated heterocycles. The molecule has 114 valence electrons. The van der Waals surface area contributed by atoms with Crippen molar-refractivity contribution in [2.75, 3.05) is 13.2 Å². The van der Waals surface area contributed by atoms with Crippen LogP contribution in [-0.2, 0) is 16.1 Å². The van der Waals surface area contributed by atoms with Crippen LogP contribution < -0.4 is 10.9 Å². The number of aryl methyl sites for hydroxylation is 1. The topological polar surface area (TPSA) is 111 Å². The van der Waals surface area contributed by atoms with E-state index >= 15 is 0 Å². The van der Waals surface area contributed by atoms with Crippen molar-refractivity contribution in [3.05, 3.63) is 28.2 Å². The van der Waals surface area contributed by atoms with Crippen LogP contribution >= 0.6 is 0 Å². The Morgan fingerprint density at radius 2 is 2.29 bits per heavy atom. The minimum absolute atomic E-state index is 0.00979. The fourth-order valence-electron chi connectivity index (χ4n) is 2.11. The molecule has 0 radical (unpaired) electrons. The van der Waals surface area contributed by atoms with Gasteiger partial charge in [-0.3, -0.25) is 9.59 Å². The van der Waals surface area contributed by atoms with Gasteiger partial charge in [-0.15, -0.1) is 0 Å². The fourth-order valence-corrected chi connectivity index (χ4v) is 2.11. The third-order valence-electron chi connectivity index (χ3n) is 3.32. The number of nitrogens with one attached hydrogen (secondary N) is 1. The number of nitrogens with zero attached hydrogens (tertiary/aromatic N) is 2. The van der Waals surface area contributed by atoms with Crippen LogP contribution in [0.3, 0.4) is 0 Å². The normalized spacial score (nSPS) is 21.2. The van der Waals surface area contributed by atoms with Crippen molar-refractivity contribution >= 4 is 11.9 Å². The van der Waals surface area contributed by atoms with Crippen molar-refractivity contribution in [1.82, 2.24) is 15.1 Å². The van der Waals surface area contributed by atoms with Gasteiger partial charge in [-0.25, -0.2) is 9.48 Å². The van der Waals surface area contributed by atoms with E-state index in [0.717, 1.165) is 0 Å². The summed E-state index contributed by atoms with van der Waals surface area (Å²) < 4.78 is 6.26. The molecule has 1 aliphatic rings. The second-order valence-corrected chi connectivity index (χ2v) is 4.92. The zero-order valence-electron chi connectivity index (χ0n) is 11.7. The molecule has 1 fully saturated rings. The quantitative estimate of drug-likeness (QED) is 0.766. The first-order valence-electron chi connectivity index (χ1n) is 6.70. The first-order chi connectivity index (χ1) is 9.98. The van der Waals surface area contributed by atoms with Gasteiger partial charge in [-0.05, 0) is 12.5 Å². The average molecular weight is 295 g/mol. The van der Waals surface area contributed by atoms with Gasteiger partial charge in [0.2, 0.25) is 0 Å². The number of carbonyl (C=O) groups is 2. The van der Waals surface area contributed by atoms with Crippen LogP contribution in [-0.4, -0.2) is 45.5 Å². The molecule has 0 aliphatic carbocycles. The summed E-state index contributed by atoms with van der Waals surface area (Å²) in [5, 5.41) is 15.7. The summed E-state index contributed by atoms with van der Waals surface area (Å²) in [7, 11) is 0. The highest BCUT2D eigenvalue weighted by atomic mass is 16.5. The second-order valence-electron chi connectivity index (χ2n) is 4.92. The van der Waals surface area contributed by atoms with Gasteiger partial charge in [-0.2, -0.15) is 5.10 Å².